The topological polar surface area (TPSA) is 51.2 Å². The molecule has 0 aliphatic heterocycles. The number of pyridine rings is 1. The summed E-state index contributed by atoms with van der Waals surface area (Å²) in [7, 11) is 1.63. The summed E-state index contributed by atoms with van der Waals surface area (Å²) in [6.07, 6.45) is 1.60. The number of amides is 1. The zero-order valence-corrected chi connectivity index (χ0v) is 13.4. The predicted octanol–water partition coefficient (Wildman–Crippen LogP) is 3.69. The third kappa shape index (κ3) is 3.79. The van der Waals surface area contributed by atoms with Crippen LogP contribution in [0.4, 0.5) is 0 Å². The maximum Gasteiger partial charge on any atom is 0.253 e. The Bertz CT molecular complexity index is 797. The Hall–Kier alpha value is -3.14. The fourth-order valence-corrected chi connectivity index (χ4v) is 2.34. The Morgan fingerprint density at radius 1 is 1.00 bits per heavy atom. The molecule has 0 aliphatic carbocycles. The van der Waals surface area contributed by atoms with Crippen molar-refractivity contribution >= 4 is 5.91 Å². The minimum atomic E-state index is -0.141. The van der Waals surface area contributed by atoms with Crippen LogP contribution in [0, 0.1) is 0 Å². The van der Waals surface area contributed by atoms with Crippen LogP contribution in [0.25, 0.3) is 11.3 Å². The SMILES string of the molecule is COc1ccc(CNC(=O)c2ccc(-c3ccccc3)nc2)cc1. The van der Waals surface area contributed by atoms with Gasteiger partial charge < -0.3 is 10.1 Å². The first-order valence-electron chi connectivity index (χ1n) is 7.69. The summed E-state index contributed by atoms with van der Waals surface area (Å²) in [5.74, 6) is 0.656. The highest BCUT2D eigenvalue weighted by Gasteiger charge is 2.07. The van der Waals surface area contributed by atoms with Crippen molar-refractivity contribution in [3.8, 4) is 17.0 Å². The van der Waals surface area contributed by atoms with Crippen LogP contribution < -0.4 is 10.1 Å². The minimum absolute atomic E-state index is 0.141. The lowest BCUT2D eigenvalue weighted by molar-refractivity contribution is 0.0950. The normalized spacial score (nSPS) is 10.2. The number of carbonyl (C=O) groups excluding carboxylic acids is 1. The van der Waals surface area contributed by atoms with Gasteiger partial charge in [-0.3, -0.25) is 9.78 Å². The number of benzene rings is 2. The lowest BCUT2D eigenvalue weighted by Gasteiger charge is -2.07. The average molecular weight is 318 g/mol. The Labute approximate surface area is 141 Å². The van der Waals surface area contributed by atoms with E-state index in [1.165, 1.54) is 0 Å². The van der Waals surface area contributed by atoms with E-state index in [0.717, 1.165) is 22.6 Å². The van der Waals surface area contributed by atoms with E-state index in [2.05, 4.69) is 10.3 Å². The highest BCUT2D eigenvalue weighted by Crippen LogP contribution is 2.16. The van der Waals surface area contributed by atoms with E-state index in [1.54, 1.807) is 19.4 Å². The lowest BCUT2D eigenvalue weighted by atomic mass is 10.1. The molecule has 0 radical (unpaired) electrons. The molecular formula is C20H18N2O2. The lowest BCUT2D eigenvalue weighted by Crippen LogP contribution is -2.22. The fraction of sp³-hybridized carbons (Fsp3) is 0.100. The number of hydrogen-bond donors (Lipinski definition) is 1. The van der Waals surface area contributed by atoms with Crippen molar-refractivity contribution in [2.24, 2.45) is 0 Å². The molecule has 0 aliphatic rings. The van der Waals surface area contributed by atoms with Gasteiger partial charge >= 0.3 is 0 Å². The quantitative estimate of drug-likeness (QED) is 0.780. The second-order valence-corrected chi connectivity index (χ2v) is 5.33. The molecule has 0 unspecified atom stereocenters. The number of aromatic nitrogens is 1. The van der Waals surface area contributed by atoms with E-state index in [-0.39, 0.29) is 5.91 Å². The van der Waals surface area contributed by atoms with Gasteiger partial charge in [-0.15, -0.1) is 0 Å². The van der Waals surface area contributed by atoms with E-state index in [0.29, 0.717) is 12.1 Å². The highest BCUT2D eigenvalue weighted by atomic mass is 16.5. The van der Waals surface area contributed by atoms with Crippen molar-refractivity contribution < 1.29 is 9.53 Å². The maximum absolute atomic E-state index is 12.2. The zero-order chi connectivity index (χ0) is 16.8. The monoisotopic (exact) mass is 318 g/mol. The zero-order valence-electron chi connectivity index (χ0n) is 13.4. The van der Waals surface area contributed by atoms with Crippen LogP contribution in [-0.2, 0) is 6.54 Å². The van der Waals surface area contributed by atoms with Crippen LogP contribution in [0.1, 0.15) is 15.9 Å². The number of methoxy groups -OCH3 is 1. The molecule has 3 aromatic rings. The average Bonchev–Trinajstić information content (AvgIpc) is 2.67. The van der Waals surface area contributed by atoms with Crippen LogP contribution in [0.2, 0.25) is 0 Å². The van der Waals surface area contributed by atoms with Crippen LogP contribution >= 0.6 is 0 Å². The molecule has 0 saturated heterocycles. The molecule has 120 valence electrons. The van der Waals surface area contributed by atoms with Gasteiger partial charge in [-0.1, -0.05) is 42.5 Å². The van der Waals surface area contributed by atoms with E-state index in [9.17, 15) is 4.79 Å². The number of nitrogens with one attached hydrogen (secondary N) is 1. The number of ether oxygens (including phenoxy) is 1. The first kappa shape index (κ1) is 15.7. The van der Waals surface area contributed by atoms with Gasteiger partial charge in [0, 0.05) is 18.3 Å². The molecule has 1 N–H and O–H groups in total. The molecule has 0 saturated carbocycles. The Morgan fingerprint density at radius 2 is 1.75 bits per heavy atom. The predicted molar refractivity (Wildman–Crippen MR) is 93.8 cm³/mol. The van der Waals surface area contributed by atoms with Crippen molar-refractivity contribution in [2.45, 2.75) is 6.54 Å². The summed E-state index contributed by atoms with van der Waals surface area (Å²) < 4.78 is 5.12. The molecular weight excluding hydrogens is 300 g/mol. The maximum atomic E-state index is 12.2. The summed E-state index contributed by atoms with van der Waals surface area (Å²) in [6, 6.07) is 21.1. The molecule has 0 bridgehead atoms. The second kappa shape index (κ2) is 7.42. The minimum Gasteiger partial charge on any atom is -0.497 e. The van der Waals surface area contributed by atoms with Gasteiger partial charge in [-0.05, 0) is 29.8 Å². The van der Waals surface area contributed by atoms with Gasteiger partial charge in [0.15, 0.2) is 0 Å². The molecule has 0 spiro atoms. The van der Waals surface area contributed by atoms with Gasteiger partial charge in [-0.2, -0.15) is 0 Å². The van der Waals surface area contributed by atoms with Crippen LogP contribution in [0.5, 0.6) is 5.75 Å². The Morgan fingerprint density at radius 3 is 2.38 bits per heavy atom. The number of carbonyl (C=O) groups is 1. The molecule has 24 heavy (non-hydrogen) atoms. The smallest absolute Gasteiger partial charge is 0.253 e. The molecule has 0 fully saturated rings. The van der Waals surface area contributed by atoms with Crippen LogP contribution in [0.15, 0.2) is 72.9 Å². The van der Waals surface area contributed by atoms with E-state index in [4.69, 9.17) is 4.74 Å². The van der Waals surface area contributed by atoms with Crippen molar-refractivity contribution in [3.63, 3.8) is 0 Å². The van der Waals surface area contributed by atoms with Crippen molar-refractivity contribution in [1.29, 1.82) is 0 Å². The molecule has 2 aromatic carbocycles. The molecule has 1 amide bonds. The van der Waals surface area contributed by atoms with E-state index < -0.39 is 0 Å². The van der Waals surface area contributed by atoms with Crippen LogP contribution in [0.3, 0.4) is 0 Å². The van der Waals surface area contributed by atoms with E-state index in [1.807, 2.05) is 60.7 Å². The van der Waals surface area contributed by atoms with Crippen LogP contribution in [-0.4, -0.2) is 18.0 Å². The largest absolute Gasteiger partial charge is 0.497 e. The first-order valence-corrected chi connectivity index (χ1v) is 7.69. The third-order valence-corrected chi connectivity index (χ3v) is 3.71. The summed E-state index contributed by atoms with van der Waals surface area (Å²) in [5, 5.41) is 2.89. The van der Waals surface area contributed by atoms with Gasteiger partial charge in [0.05, 0.1) is 18.4 Å². The number of nitrogens with zero attached hydrogens (tertiary/aromatic N) is 1. The van der Waals surface area contributed by atoms with Crippen molar-refractivity contribution in [2.75, 3.05) is 7.11 Å². The van der Waals surface area contributed by atoms with Crippen molar-refractivity contribution in [1.82, 2.24) is 10.3 Å². The van der Waals surface area contributed by atoms with Crippen molar-refractivity contribution in [3.05, 3.63) is 84.1 Å². The Kier molecular flexibility index (Phi) is 4.87. The molecule has 1 aromatic heterocycles. The number of rotatable bonds is 5. The highest BCUT2D eigenvalue weighted by molar-refractivity contribution is 5.94. The number of hydrogen-bond acceptors (Lipinski definition) is 3. The van der Waals surface area contributed by atoms with Gasteiger partial charge in [-0.25, -0.2) is 0 Å². The van der Waals surface area contributed by atoms with E-state index >= 15 is 0 Å². The standard InChI is InChI=1S/C20H18N2O2/c1-24-18-10-7-15(8-11-18)13-22-20(23)17-9-12-19(21-14-17)16-5-3-2-4-6-16/h2-12,14H,13H2,1H3,(H,22,23). The van der Waals surface area contributed by atoms with Gasteiger partial charge in [0.2, 0.25) is 0 Å². The molecule has 1 heterocycles. The molecule has 3 rings (SSSR count). The van der Waals surface area contributed by atoms with Gasteiger partial charge in [0.1, 0.15) is 5.75 Å². The molecule has 0 atom stereocenters. The summed E-state index contributed by atoms with van der Waals surface area (Å²) >= 11 is 0. The van der Waals surface area contributed by atoms with Gasteiger partial charge in [0.25, 0.3) is 5.91 Å². The molecule has 4 nitrogen and oxygen atoms in total. The second-order valence-electron chi connectivity index (χ2n) is 5.33. The fourth-order valence-electron chi connectivity index (χ4n) is 2.34. The first-order chi connectivity index (χ1) is 11.8. The Balaban J connectivity index is 1.62. The summed E-state index contributed by atoms with van der Waals surface area (Å²) in [4.78, 5) is 16.6. The summed E-state index contributed by atoms with van der Waals surface area (Å²) in [6.45, 7) is 0.462. The summed E-state index contributed by atoms with van der Waals surface area (Å²) in [5.41, 5.74) is 3.44. The third-order valence-electron chi connectivity index (χ3n) is 3.71. The molecule has 4 heteroatoms.